The molecule has 1 heterocycles. The number of para-hydroxylation sites is 1. The van der Waals surface area contributed by atoms with Crippen LogP contribution in [0.15, 0.2) is 101 Å². The van der Waals surface area contributed by atoms with E-state index in [0.717, 1.165) is 11.3 Å². The number of hydrogen-bond donors (Lipinski definition) is 3. The SMILES string of the molecule is COc1ccccc1C=C(NC(=O)c1ccccc1)C(=O)Nc1ccc(S(=O)(=O)Nc2nccs2)cc1. The molecule has 4 rings (SSSR count). The zero-order chi connectivity index (χ0) is 26.3. The lowest BCUT2D eigenvalue weighted by molar-refractivity contribution is -0.113. The second-order valence-electron chi connectivity index (χ2n) is 7.54. The molecule has 37 heavy (non-hydrogen) atoms. The topological polar surface area (TPSA) is 126 Å². The van der Waals surface area contributed by atoms with Crippen LogP contribution in [0.3, 0.4) is 0 Å². The number of ether oxygens (including phenoxy) is 1. The number of nitrogens with zero attached hydrogens (tertiary/aromatic N) is 1. The first-order chi connectivity index (χ1) is 17.9. The van der Waals surface area contributed by atoms with E-state index >= 15 is 0 Å². The molecule has 0 aliphatic carbocycles. The molecular formula is C26H22N4O5S2. The molecule has 0 unspecified atom stereocenters. The number of thiazole rings is 1. The second kappa shape index (κ2) is 11.5. The molecule has 0 bridgehead atoms. The summed E-state index contributed by atoms with van der Waals surface area (Å²) in [5.41, 5.74) is 1.26. The zero-order valence-electron chi connectivity index (χ0n) is 19.5. The number of methoxy groups -OCH3 is 1. The minimum Gasteiger partial charge on any atom is -0.496 e. The number of benzene rings is 3. The lowest BCUT2D eigenvalue weighted by atomic mass is 10.1. The van der Waals surface area contributed by atoms with Crippen LogP contribution in [0.1, 0.15) is 15.9 Å². The van der Waals surface area contributed by atoms with Crippen molar-refractivity contribution in [3.8, 4) is 5.75 Å². The fourth-order valence-electron chi connectivity index (χ4n) is 3.25. The first-order valence-electron chi connectivity index (χ1n) is 10.9. The third-order valence-corrected chi connectivity index (χ3v) is 7.22. The number of hydrogen-bond acceptors (Lipinski definition) is 7. The van der Waals surface area contributed by atoms with Crippen LogP contribution in [0.5, 0.6) is 5.75 Å². The van der Waals surface area contributed by atoms with Crippen molar-refractivity contribution in [1.82, 2.24) is 10.3 Å². The molecule has 4 aromatic rings. The van der Waals surface area contributed by atoms with Gasteiger partial charge in [0.25, 0.3) is 21.8 Å². The smallest absolute Gasteiger partial charge is 0.272 e. The molecule has 0 spiro atoms. The summed E-state index contributed by atoms with van der Waals surface area (Å²) in [6.07, 6.45) is 3.00. The zero-order valence-corrected chi connectivity index (χ0v) is 21.2. The third kappa shape index (κ3) is 6.60. The summed E-state index contributed by atoms with van der Waals surface area (Å²) in [5, 5.41) is 7.25. The van der Waals surface area contributed by atoms with Crippen LogP contribution in [0.2, 0.25) is 0 Å². The number of rotatable bonds is 9. The third-order valence-electron chi connectivity index (χ3n) is 5.04. The Morgan fingerprint density at radius 1 is 0.946 bits per heavy atom. The van der Waals surface area contributed by atoms with Gasteiger partial charge in [0.15, 0.2) is 5.13 Å². The quantitative estimate of drug-likeness (QED) is 0.274. The Hall–Kier alpha value is -4.48. The van der Waals surface area contributed by atoms with E-state index in [-0.39, 0.29) is 15.7 Å². The van der Waals surface area contributed by atoms with Gasteiger partial charge in [-0.25, -0.2) is 13.4 Å². The molecule has 3 aromatic carbocycles. The molecule has 3 N–H and O–H groups in total. The van der Waals surface area contributed by atoms with Gasteiger partial charge in [0, 0.05) is 28.4 Å². The number of amides is 2. The number of anilines is 2. The fourth-order valence-corrected chi connectivity index (χ4v) is 5.04. The average molecular weight is 535 g/mol. The van der Waals surface area contributed by atoms with Crippen LogP contribution in [0.4, 0.5) is 10.8 Å². The van der Waals surface area contributed by atoms with Crippen LogP contribution in [0.25, 0.3) is 6.08 Å². The van der Waals surface area contributed by atoms with Gasteiger partial charge < -0.3 is 15.4 Å². The summed E-state index contributed by atoms with van der Waals surface area (Å²) in [7, 11) is -2.33. The average Bonchev–Trinajstić information content (AvgIpc) is 3.41. The molecule has 0 saturated heterocycles. The van der Waals surface area contributed by atoms with Gasteiger partial charge in [0.2, 0.25) is 0 Å². The van der Waals surface area contributed by atoms with E-state index < -0.39 is 21.8 Å². The van der Waals surface area contributed by atoms with Crippen molar-refractivity contribution in [2.75, 3.05) is 17.1 Å². The van der Waals surface area contributed by atoms with Gasteiger partial charge >= 0.3 is 0 Å². The number of nitrogens with one attached hydrogen (secondary N) is 3. The van der Waals surface area contributed by atoms with Gasteiger partial charge in [0.05, 0.1) is 12.0 Å². The minimum atomic E-state index is -3.84. The standard InChI is InChI=1S/C26H22N4O5S2/c1-35-23-10-6-5-9-19(23)17-22(29-24(31)18-7-3-2-4-8-18)25(32)28-20-11-13-21(14-12-20)37(33,34)30-26-27-15-16-36-26/h2-17H,1H3,(H,27,30)(H,28,32)(H,29,31). The fraction of sp³-hybridized carbons (Fsp3) is 0.0385. The Balaban J connectivity index is 1.57. The maximum Gasteiger partial charge on any atom is 0.272 e. The first kappa shape index (κ1) is 25.6. The molecule has 0 aliphatic heterocycles. The maximum atomic E-state index is 13.2. The molecule has 0 aliphatic rings. The van der Waals surface area contributed by atoms with Gasteiger partial charge in [-0.15, -0.1) is 11.3 Å². The summed E-state index contributed by atoms with van der Waals surface area (Å²) in [6.45, 7) is 0. The van der Waals surface area contributed by atoms with Gasteiger partial charge in [-0.2, -0.15) is 0 Å². The highest BCUT2D eigenvalue weighted by Gasteiger charge is 2.18. The highest BCUT2D eigenvalue weighted by molar-refractivity contribution is 7.93. The van der Waals surface area contributed by atoms with Gasteiger partial charge in [-0.3, -0.25) is 14.3 Å². The lowest BCUT2D eigenvalue weighted by Crippen LogP contribution is -2.30. The van der Waals surface area contributed by atoms with E-state index in [0.29, 0.717) is 22.6 Å². The van der Waals surface area contributed by atoms with Crippen molar-refractivity contribution >= 4 is 50.1 Å². The lowest BCUT2D eigenvalue weighted by Gasteiger charge is -2.13. The molecule has 0 radical (unpaired) electrons. The number of sulfonamides is 1. The second-order valence-corrected chi connectivity index (χ2v) is 10.1. The van der Waals surface area contributed by atoms with Gasteiger partial charge in [0.1, 0.15) is 11.4 Å². The molecule has 11 heteroatoms. The van der Waals surface area contributed by atoms with Crippen LogP contribution < -0.4 is 20.1 Å². The van der Waals surface area contributed by atoms with Crippen molar-refractivity contribution < 1.29 is 22.7 Å². The van der Waals surface area contributed by atoms with Gasteiger partial charge in [-0.05, 0) is 48.5 Å². The molecular weight excluding hydrogens is 512 g/mol. The van der Waals surface area contributed by atoms with E-state index in [1.165, 1.54) is 43.6 Å². The monoisotopic (exact) mass is 534 g/mol. The van der Waals surface area contributed by atoms with Gasteiger partial charge in [-0.1, -0.05) is 36.4 Å². The molecule has 1 aromatic heterocycles. The molecule has 188 valence electrons. The maximum absolute atomic E-state index is 13.2. The van der Waals surface area contributed by atoms with Crippen molar-refractivity contribution in [2.24, 2.45) is 0 Å². The van der Waals surface area contributed by atoms with Crippen LogP contribution >= 0.6 is 11.3 Å². The van der Waals surface area contributed by atoms with Crippen molar-refractivity contribution in [3.05, 3.63) is 107 Å². The van der Waals surface area contributed by atoms with E-state index in [4.69, 9.17) is 4.74 Å². The molecule has 2 amide bonds. The molecule has 0 fully saturated rings. The number of aromatic nitrogens is 1. The predicted molar refractivity (Wildman–Crippen MR) is 143 cm³/mol. The normalized spacial score (nSPS) is 11.4. The summed E-state index contributed by atoms with van der Waals surface area (Å²) in [6, 6.07) is 21.2. The van der Waals surface area contributed by atoms with Crippen LogP contribution in [-0.2, 0) is 14.8 Å². The van der Waals surface area contributed by atoms with Crippen molar-refractivity contribution in [2.45, 2.75) is 4.90 Å². The predicted octanol–water partition coefficient (Wildman–Crippen LogP) is 4.36. The largest absolute Gasteiger partial charge is 0.496 e. The van der Waals surface area contributed by atoms with Crippen LogP contribution in [-0.4, -0.2) is 32.3 Å². The first-order valence-corrected chi connectivity index (χ1v) is 13.3. The van der Waals surface area contributed by atoms with E-state index in [2.05, 4.69) is 20.3 Å². The highest BCUT2D eigenvalue weighted by atomic mass is 32.2. The van der Waals surface area contributed by atoms with E-state index in [9.17, 15) is 18.0 Å². The number of carbonyl (C=O) groups excluding carboxylic acids is 2. The Morgan fingerprint density at radius 2 is 1.65 bits per heavy atom. The Labute approximate surface area is 217 Å². The van der Waals surface area contributed by atoms with Crippen LogP contribution in [0, 0.1) is 0 Å². The summed E-state index contributed by atoms with van der Waals surface area (Å²) in [5.74, 6) is -0.553. The summed E-state index contributed by atoms with van der Waals surface area (Å²) in [4.78, 5) is 29.9. The Bertz CT molecular complexity index is 1520. The van der Waals surface area contributed by atoms with Crippen molar-refractivity contribution in [3.63, 3.8) is 0 Å². The minimum absolute atomic E-state index is 0.00265. The summed E-state index contributed by atoms with van der Waals surface area (Å²) < 4.78 is 32.9. The Kier molecular flexibility index (Phi) is 7.96. The van der Waals surface area contributed by atoms with E-state index in [1.54, 1.807) is 60.0 Å². The van der Waals surface area contributed by atoms with E-state index in [1.807, 2.05) is 0 Å². The van der Waals surface area contributed by atoms with Crippen molar-refractivity contribution in [1.29, 1.82) is 0 Å². The molecule has 0 atom stereocenters. The summed E-state index contributed by atoms with van der Waals surface area (Å²) >= 11 is 1.16. The highest BCUT2D eigenvalue weighted by Crippen LogP contribution is 2.22. The molecule has 0 saturated carbocycles. The Morgan fingerprint density at radius 3 is 2.32 bits per heavy atom. The number of carbonyl (C=O) groups is 2. The molecule has 9 nitrogen and oxygen atoms in total.